The Kier molecular flexibility index (Phi) is 5.52. The maximum absolute atomic E-state index is 11.9. The molecule has 2 fully saturated rings. The molecule has 2 unspecified atom stereocenters. The largest absolute Gasteiger partial charge is 0.492 e. The molecule has 6 nitrogen and oxygen atoms in total. The summed E-state index contributed by atoms with van der Waals surface area (Å²) < 4.78 is 5.93. The number of nitrogens with zero attached hydrogens (tertiary/aromatic N) is 2. The van der Waals surface area contributed by atoms with Crippen LogP contribution in [-0.4, -0.2) is 40.6 Å². The maximum atomic E-state index is 11.9. The van der Waals surface area contributed by atoms with Crippen molar-refractivity contribution in [3.05, 3.63) is 54.2 Å². The highest BCUT2D eigenvalue weighted by molar-refractivity contribution is 8.15. The minimum absolute atomic E-state index is 0.0417. The standard InChI is InChI=1S/C21H23N3O3S/c1-14(19-20(25)23-21(26)28-19)15-5-9-17(10-6-15)27-13-12-24(16-7-8-16)18-4-2-3-11-22-18/h2-6,9-11,14,16,19H,7-8,12-13H2,1H3,(H,23,25,26). The van der Waals surface area contributed by atoms with Crippen molar-refractivity contribution in [1.82, 2.24) is 10.3 Å². The Bertz CT molecular complexity index is 840. The van der Waals surface area contributed by atoms with Gasteiger partial charge in [0.25, 0.3) is 5.24 Å². The summed E-state index contributed by atoms with van der Waals surface area (Å²) in [5.41, 5.74) is 1.02. The Balaban J connectivity index is 1.32. The summed E-state index contributed by atoms with van der Waals surface area (Å²) in [4.78, 5) is 30.0. The smallest absolute Gasteiger partial charge is 0.286 e. The molecule has 1 aliphatic heterocycles. The highest BCUT2D eigenvalue weighted by Crippen LogP contribution is 2.33. The molecule has 28 heavy (non-hydrogen) atoms. The van der Waals surface area contributed by atoms with Crippen LogP contribution in [0.5, 0.6) is 5.75 Å². The fraction of sp³-hybridized carbons (Fsp3) is 0.381. The van der Waals surface area contributed by atoms with Gasteiger partial charge in [-0.05, 0) is 42.7 Å². The van der Waals surface area contributed by atoms with Crippen molar-refractivity contribution in [3.8, 4) is 5.75 Å². The Morgan fingerprint density at radius 1 is 1.21 bits per heavy atom. The van der Waals surface area contributed by atoms with E-state index in [0.29, 0.717) is 12.6 Å². The first kappa shape index (κ1) is 18.8. The summed E-state index contributed by atoms with van der Waals surface area (Å²) in [7, 11) is 0. The molecule has 1 N–H and O–H groups in total. The number of thioether (sulfide) groups is 1. The summed E-state index contributed by atoms with van der Waals surface area (Å²) >= 11 is 1.06. The number of carbonyl (C=O) groups is 2. The van der Waals surface area contributed by atoms with Crippen molar-refractivity contribution in [1.29, 1.82) is 0 Å². The third kappa shape index (κ3) is 4.30. The number of rotatable bonds is 8. The van der Waals surface area contributed by atoms with Crippen LogP contribution in [0.4, 0.5) is 10.6 Å². The van der Waals surface area contributed by atoms with Crippen LogP contribution in [-0.2, 0) is 4.79 Å². The highest BCUT2D eigenvalue weighted by Gasteiger charge is 2.36. The fourth-order valence-corrected chi connectivity index (χ4v) is 4.31. The molecule has 2 aliphatic rings. The molecule has 2 atom stereocenters. The van der Waals surface area contributed by atoms with Gasteiger partial charge in [-0.3, -0.25) is 14.9 Å². The van der Waals surface area contributed by atoms with Crippen LogP contribution in [0.3, 0.4) is 0 Å². The molecule has 146 valence electrons. The van der Waals surface area contributed by atoms with Crippen LogP contribution < -0.4 is 15.0 Å². The molecule has 1 aromatic heterocycles. The van der Waals surface area contributed by atoms with Crippen molar-refractivity contribution in [2.24, 2.45) is 0 Å². The number of anilines is 1. The molecule has 1 saturated carbocycles. The number of aromatic nitrogens is 1. The lowest BCUT2D eigenvalue weighted by atomic mass is 9.97. The van der Waals surface area contributed by atoms with Gasteiger partial charge in [0.05, 0.1) is 11.8 Å². The van der Waals surface area contributed by atoms with Gasteiger partial charge in [0.1, 0.15) is 18.2 Å². The van der Waals surface area contributed by atoms with E-state index in [4.69, 9.17) is 4.74 Å². The summed E-state index contributed by atoms with van der Waals surface area (Å²) in [6, 6.07) is 14.3. The molecule has 7 heteroatoms. The van der Waals surface area contributed by atoms with Crippen LogP contribution in [0.25, 0.3) is 0 Å². The van der Waals surface area contributed by atoms with Gasteiger partial charge in [0, 0.05) is 18.2 Å². The number of amides is 2. The molecule has 2 aromatic rings. The van der Waals surface area contributed by atoms with Crippen LogP contribution >= 0.6 is 11.8 Å². The second-order valence-electron chi connectivity index (χ2n) is 7.13. The lowest BCUT2D eigenvalue weighted by Gasteiger charge is -2.23. The van der Waals surface area contributed by atoms with Gasteiger partial charge in [-0.1, -0.05) is 36.9 Å². The lowest BCUT2D eigenvalue weighted by Crippen LogP contribution is -2.31. The zero-order valence-electron chi connectivity index (χ0n) is 15.7. The molecular weight excluding hydrogens is 374 g/mol. The van der Waals surface area contributed by atoms with Crippen LogP contribution in [0.2, 0.25) is 0 Å². The number of carbonyl (C=O) groups excluding carboxylic acids is 2. The zero-order chi connectivity index (χ0) is 19.5. The molecule has 2 amide bonds. The van der Waals surface area contributed by atoms with E-state index in [1.54, 1.807) is 0 Å². The van der Waals surface area contributed by atoms with Crippen LogP contribution in [0.1, 0.15) is 31.2 Å². The zero-order valence-corrected chi connectivity index (χ0v) is 16.5. The molecule has 1 saturated heterocycles. The van der Waals surface area contributed by atoms with E-state index in [2.05, 4.69) is 15.2 Å². The Hall–Kier alpha value is -2.54. The SMILES string of the molecule is CC(c1ccc(OCCN(c2ccccn2)C2CC2)cc1)C1SC(=O)NC1=O. The molecular formula is C21H23N3O3S. The van der Waals surface area contributed by atoms with Crippen molar-refractivity contribution in [3.63, 3.8) is 0 Å². The number of benzene rings is 1. The quantitative estimate of drug-likeness (QED) is 0.734. The number of hydrogen-bond donors (Lipinski definition) is 1. The fourth-order valence-electron chi connectivity index (χ4n) is 3.40. The first-order valence-electron chi connectivity index (χ1n) is 9.54. The van der Waals surface area contributed by atoms with Gasteiger partial charge in [-0.25, -0.2) is 4.98 Å². The highest BCUT2D eigenvalue weighted by atomic mass is 32.2. The van der Waals surface area contributed by atoms with E-state index < -0.39 is 0 Å². The average Bonchev–Trinajstić information content (AvgIpc) is 3.49. The van der Waals surface area contributed by atoms with Crippen LogP contribution in [0.15, 0.2) is 48.7 Å². The monoisotopic (exact) mass is 397 g/mol. The lowest BCUT2D eigenvalue weighted by molar-refractivity contribution is -0.119. The topological polar surface area (TPSA) is 71.5 Å². The Labute approximate surface area is 168 Å². The third-order valence-corrected chi connectivity index (χ3v) is 6.30. The predicted octanol–water partition coefficient (Wildman–Crippen LogP) is 3.58. The first-order chi connectivity index (χ1) is 13.6. The van der Waals surface area contributed by atoms with Gasteiger partial charge in [-0.2, -0.15) is 0 Å². The molecule has 4 rings (SSSR count). The number of pyridine rings is 1. The second-order valence-corrected chi connectivity index (χ2v) is 8.25. The minimum atomic E-state index is -0.371. The van der Waals surface area contributed by atoms with Gasteiger partial charge >= 0.3 is 0 Å². The van der Waals surface area contributed by atoms with Gasteiger partial charge < -0.3 is 9.64 Å². The molecule has 0 spiro atoms. The Morgan fingerprint density at radius 3 is 2.61 bits per heavy atom. The molecule has 2 heterocycles. The van der Waals surface area contributed by atoms with Crippen LogP contribution in [0, 0.1) is 0 Å². The molecule has 0 bridgehead atoms. The van der Waals surface area contributed by atoms with Gasteiger partial charge in [0.2, 0.25) is 5.91 Å². The predicted molar refractivity (Wildman–Crippen MR) is 110 cm³/mol. The third-order valence-electron chi connectivity index (χ3n) is 5.11. The number of hydrogen-bond acceptors (Lipinski definition) is 6. The van der Waals surface area contributed by atoms with Gasteiger partial charge in [0.15, 0.2) is 0 Å². The minimum Gasteiger partial charge on any atom is -0.492 e. The first-order valence-corrected chi connectivity index (χ1v) is 10.4. The summed E-state index contributed by atoms with van der Waals surface area (Å²) in [5, 5.41) is 1.71. The summed E-state index contributed by atoms with van der Waals surface area (Å²) in [6.45, 7) is 3.34. The summed E-state index contributed by atoms with van der Waals surface area (Å²) in [5.74, 6) is 1.55. The number of ether oxygens (including phenoxy) is 1. The molecule has 0 radical (unpaired) electrons. The molecule has 1 aromatic carbocycles. The van der Waals surface area contributed by atoms with Crippen molar-refractivity contribution < 1.29 is 14.3 Å². The van der Waals surface area contributed by atoms with Crippen molar-refractivity contribution >= 4 is 28.7 Å². The van der Waals surface area contributed by atoms with Crippen molar-refractivity contribution in [2.75, 3.05) is 18.1 Å². The summed E-state index contributed by atoms with van der Waals surface area (Å²) in [6.07, 6.45) is 4.23. The van der Waals surface area contributed by atoms with E-state index in [1.165, 1.54) is 12.8 Å². The van der Waals surface area contributed by atoms with E-state index in [9.17, 15) is 9.59 Å². The molecule has 1 aliphatic carbocycles. The number of imide groups is 1. The van der Waals surface area contributed by atoms with E-state index in [0.717, 1.165) is 35.4 Å². The van der Waals surface area contributed by atoms with Crippen molar-refractivity contribution in [2.45, 2.75) is 37.0 Å². The van der Waals surface area contributed by atoms with E-state index in [1.807, 2.05) is 55.6 Å². The normalized spacial score (nSPS) is 20.0. The number of nitrogens with one attached hydrogen (secondary N) is 1. The second kappa shape index (κ2) is 8.22. The van der Waals surface area contributed by atoms with E-state index >= 15 is 0 Å². The van der Waals surface area contributed by atoms with Gasteiger partial charge in [-0.15, -0.1) is 0 Å². The maximum Gasteiger partial charge on any atom is 0.286 e. The van der Waals surface area contributed by atoms with E-state index in [-0.39, 0.29) is 22.3 Å². The average molecular weight is 398 g/mol. The Morgan fingerprint density at radius 2 is 2.00 bits per heavy atom.